The molecule has 0 fully saturated rings. The summed E-state index contributed by atoms with van der Waals surface area (Å²) in [7, 11) is 0. The van der Waals surface area contributed by atoms with E-state index >= 15 is 0 Å². The number of aryl methyl sites for hydroxylation is 1. The first-order valence-electron chi connectivity index (χ1n) is 4.16. The van der Waals surface area contributed by atoms with Gasteiger partial charge in [-0.3, -0.25) is 4.79 Å². The minimum atomic E-state index is -0.236. The van der Waals surface area contributed by atoms with Crippen molar-refractivity contribution in [2.75, 3.05) is 5.75 Å². The molecular formula is C10H13NOS. The van der Waals surface area contributed by atoms with Crippen LogP contribution in [-0.2, 0) is 4.79 Å². The van der Waals surface area contributed by atoms with E-state index in [-0.39, 0.29) is 5.91 Å². The fourth-order valence-corrected chi connectivity index (χ4v) is 1.96. The molecule has 1 amide bonds. The zero-order chi connectivity index (χ0) is 9.68. The Kier molecular flexibility index (Phi) is 3.83. The van der Waals surface area contributed by atoms with Gasteiger partial charge in [-0.25, -0.2) is 0 Å². The van der Waals surface area contributed by atoms with E-state index in [0.717, 1.165) is 5.75 Å². The van der Waals surface area contributed by atoms with Crippen LogP contribution in [0.25, 0.3) is 0 Å². The summed E-state index contributed by atoms with van der Waals surface area (Å²) in [6.07, 6.45) is 0.443. The van der Waals surface area contributed by atoms with E-state index in [1.807, 2.05) is 12.1 Å². The van der Waals surface area contributed by atoms with Crippen LogP contribution in [0.2, 0.25) is 0 Å². The number of carbonyl (C=O) groups excluding carboxylic acids is 1. The largest absolute Gasteiger partial charge is 0.370 e. The summed E-state index contributed by atoms with van der Waals surface area (Å²) in [5.41, 5.74) is 6.27. The van der Waals surface area contributed by atoms with Crippen molar-refractivity contribution < 1.29 is 4.79 Å². The lowest BCUT2D eigenvalue weighted by Crippen LogP contribution is -2.10. The first-order chi connectivity index (χ1) is 6.18. The molecule has 0 aliphatic rings. The molecule has 2 nitrogen and oxygen atoms in total. The molecular weight excluding hydrogens is 182 g/mol. The Morgan fingerprint density at radius 2 is 2.31 bits per heavy atom. The van der Waals surface area contributed by atoms with Gasteiger partial charge in [0, 0.05) is 17.1 Å². The van der Waals surface area contributed by atoms with Crippen molar-refractivity contribution in [3.63, 3.8) is 0 Å². The maximum Gasteiger partial charge on any atom is 0.218 e. The summed E-state index contributed by atoms with van der Waals surface area (Å²) in [5.74, 6) is 0.527. The van der Waals surface area contributed by atoms with Gasteiger partial charge < -0.3 is 5.73 Å². The molecule has 0 aromatic heterocycles. The minimum Gasteiger partial charge on any atom is -0.370 e. The van der Waals surface area contributed by atoms with Gasteiger partial charge in [-0.15, -0.1) is 11.8 Å². The molecule has 1 rings (SSSR count). The highest BCUT2D eigenvalue weighted by molar-refractivity contribution is 7.99. The first kappa shape index (κ1) is 10.1. The maximum atomic E-state index is 10.5. The molecule has 2 N–H and O–H groups in total. The molecule has 0 heterocycles. The number of primary amides is 1. The van der Waals surface area contributed by atoms with Crippen LogP contribution in [0.5, 0.6) is 0 Å². The summed E-state index contributed by atoms with van der Waals surface area (Å²) >= 11 is 1.66. The monoisotopic (exact) mass is 195 g/mol. The molecule has 0 radical (unpaired) electrons. The van der Waals surface area contributed by atoms with Crippen molar-refractivity contribution in [1.82, 2.24) is 0 Å². The van der Waals surface area contributed by atoms with Crippen molar-refractivity contribution in [2.24, 2.45) is 5.73 Å². The van der Waals surface area contributed by atoms with E-state index in [9.17, 15) is 4.79 Å². The predicted octanol–water partition coefficient (Wildman–Crippen LogP) is 1.96. The van der Waals surface area contributed by atoms with E-state index in [1.165, 1.54) is 10.5 Å². The van der Waals surface area contributed by atoms with Gasteiger partial charge in [-0.2, -0.15) is 0 Å². The van der Waals surface area contributed by atoms with Gasteiger partial charge in [0.2, 0.25) is 5.91 Å². The number of carbonyl (C=O) groups is 1. The van der Waals surface area contributed by atoms with Crippen LogP contribution < -0.4 is 5.73 Å². The second-order valence-corrected chi connectivity index (χ2v) is 4.05. The molecule has 1 aromatic carbocycles. The number of hydrogen-bond acceptors (Lipinski definition) is 2. The zero-order valence-electron chi connectivity index (χ0n) is 7.62. The Balaban J connectivity index is 2.41. The smallest absolute Gasteiger partial charge is 0.218 e. The lowest BCUT2D eigenvalue weighted by Gasteiger charge is -2.00. The molecule has 70 valence electrons. The van der Waals surface area contributed by atoms with E-state index in [1.54, 1.807) is 11.8 Å². The third-order valence-electron chi connectivity index (χ3n) is 1.61. The molecule has 3 heteroatoms. The summed E-state index contributed by atoms with van der Waals surface area (Å²) in [4.78, 5) is 11.7. The van der Waals surface area contributed by atoms with Gasteiger partial charge in [0.1, 0.15) is 0 Å². The second kappa shape index (κ2) is 4.92. The normalized spacial score (nSPS) is 9.92. The fourth-order valence-electron chi connectivity index (χ4n) is 0.975. The highest BCUT2D eigenvalue weighted by Crippen LogP contribution is 2.19. The number of rotatable bonds is 4. The summed E-state index contributed by atoms with van der Waals surface area (Å²) < 4.78 is 0. The number of hydrogen-bond donors (Lipinski definition) is 1. The van der Waals surface area contributed by atoms with Crippen molar-refractivity contribution in [1.29, 1.82) is 0 Å². The van der Waals surface area contributed by atoms with Gasteiger partial charge >= 0.3 is 0 Å². The van der Waals surface area contributed by atoms with Crippen LogP contribution in [0.3, 0.4) is 0 Å². The Hall–Kier alpha value is -0.960. The SMILES string of the molecule is Cc1cccc(SCCC(N)=O)c1. The summed E-state index contributed by atoms with van der Waals surface area (Å²) in [6.45, 7) is 2.05. The number of benzene rings is 1. The van der Waals surface area contributed by atoms with E-state index in [2.05, 4.69) is 19.1 Å². The van der Waals surface area contributed by atoms with Crippen molar-refractivity contribution in [3.05, 3.63) is 29.8 Å². The Morgan fingerprint density at radius 3 is 2.92 bits per heavy atom. The van der Waals surface area contributed by atoms with E-state index in [4.69, 9.17) is 5.73 Å². The van der Waals surface area contributed by atoms with Crippen molar-refractivity contribution in [2.45, 2.75) is 18.2 Å². The van der Waals surface area contributed by atoms with Crippen LogP contribution in [0, 0.1) is 6.92 Å². The lowest BCUT2D eigenvalue weighted by molar-refractivity contribution is -0.117. The molecule has 1 aromatic rings. The topological polar surface area (TPSA) is 43.1 Å². The minimum absolute atomic E-state index is 0.236. The number of nitrogens with two attached hydrogens (primary N) is 1. The molecule has 0 spiro atoms. The Bertz CT molecular complexity index is 299. The first-order valence-corrected chi connectivity index (χ1v) is 5.15. The Morgan fingerprint density at radius 1 is 1.54 bits per heavy atom. The summed E-state index contributed by atoms with van der Waals surface area (Å²) in [5, 5.41) is 0. The van der Waals surface area contributed by atoms with Crippen LogP contribution in [0.1, 0.15) is 12.0 Å². The quantitative estimate of drug-likeness (QED) is 0.746. The van der Waals surface area contributed by atoms with Gasteiger partial charge in [-0.1, -0.05) is 17.7 Å². The van der Waals surface area contributed by atoms with Gasteiger partial charge in [0.05, 0.1) is 0 Å². The fraction of sp³-hybridized carbons (Fsp3) is 0.300. The van der Waals surface area contributed by atoms with E-state index in [0.29, 0.717) is 6.42 Å². The van der Waals surface area contributed by atoms with Crippen LogP contribution in [0.4, 0.5) is 0 Å². The van der Waals surface area contributed by atoms with Crippen LogP contribution in [0.15, 0.2) is 29.2 Å². The Labute approximate surface area is 82.5 Å². The maximum absolute atomic E-state index is 10.5. The zero-order valence-corrected chi connectivity index (χ0v) is 8.43. The van der Waals surface area contributed by atoms with Crippen LogP contribution in [-0.4, -0.2) is 11.7 Å². The molecule has 0 aliphatic carbocycles. The van der Waals surface area contributed by atoms with Crippen molar-refractivity contribution >= 4 is 17.7 Å². The van der Waals surface area contributed by atoms with Gasteiger partial charge in [-0.05, 0) is 19.1 Å². The molecule has 0 saturated heterocycles. The predicted molar refractivity (Wildman–Crippen MR) is 55.7 cm³/mol. The highest BCUT2D eigenvalue weighted by Gasteiger charge is 1.96. The third-order valence-corrected chi connectivity index (χ3v) is 2.60. The average Bonchev–Trinajstić information content (AvgIpc) is 2.03. The van der Waals surface area contributed by atoms with E-state index < -0.39 is 0 Å². The molecule has 0 unspecified atom stereocenters. The average molecular weight is 195 g/mol. The number of amides is 1. The lowest BCUT2D eigenvalue weighted by atomic mass is 10.2. The molecule has 0 saturated carbocycles. The number of thioether (sulfide) groups is 1. The standard InChI is InChI=1S/C10H13NOS/c1-8-3-2-4-9(7-8)13-6-5-10(11)12/h2-4,7H,5-6H2,1H3,(H2,11,12). The highest BCUT2D eigenvalue weighted by atomic mass is 32.2. The molecule has 0 aliphatic heterocycles. The second-order valence-electron chi connectivity index (χ2n) is 2.88. The molecule has 0 bridgehead atoms. The third kappa shape index (κ3) is 3.99. The molecule has 13 heavy (non-hydrogen) atoms. The van der Waals surface area contributed by atoms with Gasteiger partial charge in [0.25, 0.3) is 0 Å². The van der Waals surface area contributed by atoms with Crippen LogP contribution >= 0.6 is 11.8 Å². The van der Waals surface area contributed by atoms with Crippen molar-refractivity contribution in [3.8, 4) is 0 Å². The summed E-state index contributed by atoms with van der Waals surface area (Å²) in [6, 6.07) is 8.21. The molecule has 0 atom stereocenters. The van der Waals surface area contributed by atoms with Gasteiger partial charge in [0.15, 0.2) is 0 Å².